The molecule has 4 aliphatic carbocycles. The fraction of sp³-hybridized carbons (Fsp3) is 0.625. The standard InChI is InChI=1S/C32H36F5NO7/c1-27-7-6-17(40)9-18(27)19(33)10-22-28(2)12-25-32(24(42)13-39,29(28,3)11-23(41)31(22,27)37)45-26(44-25)16-4-5-21(20(34)8-16)43-15-30(35,36)14-38/h4-9,19,22-23,25-26,39,41H,10-15,38H2,1-3H3/t19-,22-,23-,25+,26+,27-,28-,29-,31-,32+/m0/s1. The molecule has 1 aromatic carbocycles. The number of halogens is 5. The van der Waals surface area contributed by atoms with Crippen LogP contribution in [0.5, 0.6) is 5.75 Å². The lowest BCUT2D eigenvalue weighted by Crippen LogP contribution is -2.73. The topological polar surface area (TPSA) is 128 Å². The van der Waals surface area contributed by atoms with Crippen molar-refractivity contribution >= 4 is 11.6 Å². The molecule has 246 valence electrons. The smallest absolute Gasteiger partial charge is 0.293 e. The van der Waals surface area contributed by atoms with Gasteiger partial charge in [0.15, 0.2) is 47.3 Å². The quantitative estimate of drug-likeness (QED) is 0.384. The summed E-state index contributed by atoms with van der Waals surface area (Å²) in [5.74, 6) is -7.30. The molecule has 0 bridgehead atoms. The van der Waals surface area contributed by atoms with E-state index in [2.05, 4.69) is 0 Å². The van der Waals surface area contributed by atoms with Crippen LogP contribution >= 0.6 is 0 Å². The van der Waals surface area contributed by atoms with E-state index in [4.69, 9.17) is 19.9 Å². The molecule has 1 heterocycles. The predicted molar refractivity (Wildman–Crippen MR) is 148 cm³/mol. The maximum Gasteiger partial charge on any atom is 0.293 e. The van der Waals surface area contributed by atoms with Crippen molar-refractivity contribution in [2.75, 3.05) is 19.8 Å². The number of Topliss-reactive ketones (excluding diaryl/α,β-unsaturated/α-hetero) is 1. The third kappa shape index (κ3) is 4.06. The number of hydrogen-bond donors (Lipinski definition) is 3. The molecule has 4 N–H and O–H groups in total. The van der Waals surface area contributed by atoms with Crippen LogP contribution in [0.3, 0.4) is 0 Å². The average molecular weight is 642 g/mol. The first-order chi connectivity index (χ1) is 20.9. The zero-order valence-electron chi connectivity index (χ0n) is 25.0. The van der Waals surface area contributed by atoms with Gasteiger partial charge < -0.3 is 30.2 Å². The van der Waals surface area contributed by atoms with Crippen LogP contribution in [0.1, 0.15) is 51.9 Å². The van der Waals surface area contributed by atoms with Gasteiger partial charge in [-0.05, 0) is 61.5 Å². The number of hydrogen-bond acceptors (Lipinski definition) is 8. The summed E-state index contributed by atoms with van der Waals surface area (Å²) >= 11 is 0. The van der Waals surface area contributed by atoms with Gasteiger partial charge in [0.1, 0.15) is 12.8 Å². The Morgan fingerprint density at radius 3 is 2.58 bits per heavy atom. The molecule has 3 saturated carbocycles. The van der Waals surface area contributed by atoms with Gasteiger partial charge in [0.05, 0.1) is 18.8 Å². The minimum Gasteiger partial charge on any atom is -0.484 e. The molecule has 0 spiro atoms. The van der Waals surface area contributed by atoms with E-state index < -0.39 is 107 Å². The van der Waals surface area contributed by atoms with Crippen LogP contribution in [0, 0.1) is 28.0 Å². The minimum atomic E-state index is -3.37. The number of rotatable bonds is 7. The monoisotopic (exact) mass is 641 g/mol. The summed E-state index contributed by atoms with van der Waals surface area (Å²) in [6.45, 7) is 1.67. The first-order valence-corrected chi connectivity index (χ1v) is 14.9. The van der Waals surface area contributed by atoms with Crippen molar-refractivity contribution in [3.8, 4) is 5.75 Å². The van der Waals surface area contributed by atoms with Crippen molar-refractivity contribution < 1.29 is 56.0 Å². The van der Waals surface area contributed by atoms with Gasteiger partial charge in [-0.2, -0.15) is 0 Å². The predicted octanol–water partition coefficient (Wildman–Crippen LogP) is 3.83. The first kappa shape index (κ1) is 32.2. The van der Waals surface area contributed by atoms with Gasteiger partial charge >= 0.3 is 0 Å². The Hall–Kier alpha value is -2.71. The van der Waals surface area contributed by atoms with Crippen LogP contribution in [-0.4, -0.2) is 77.1 Å². The van der Waals surface area contributed by atoms with Crippen LogP contribution in [0.25, 0.3) is 0 Å². The number of fused-ring (bicyclic) bond motifs is 7. The highest BCUT2D eigenvalue weighted by Gasteiger charge is 2.83. The summed E-state index contributed by atoms with van der Waals surface area (Å²) in [7, 11) is 0. The van der Waals surface area contributed by atoms with E-state index in [0.29, 0.717) is 0 Å². The summed E-state index contributed by atoms with van der Waals surface area (Å²) in [5.41, 5.74) is -3.65. The van der Waals surface area contributed by atoms with Crippen LogP contribution < -0.4 is 10.5 Å². The largest absolute Gasteiger partial charge is 0.484 e. The molecule has 10 atom stereocenters. The lowest BCUT2D eigenvalue weighted by molar-refractivity contribution is -0.263. The van der Waals surface area contributed by atoms with Gasteiger partial charge in [0.25, 0.3) is 5.92 Å². The molecule has 45 heavy (non-hydrogen) atoms. The summed E-state index contributed by atoms with van der Waals surface area (Å²) in [6.07, 6.45) is -3.12. The third-order valence-corrected chi connectivity index (χ3v) is 11.7. The molecule has 8 nitrogen and oxygen atoms in total. The highest BCUT2D eigenvalue weighted by Crippen LogP contribution is 2.77. The number of aliphatic hydroxyl groups is 2. The SMILES string of the molecule is C[C@]12C[C@H](O)[C@@]3(F)[C@@H](C[C@H](F)C4=CC(=O)C=C[C@@]43C)[C@]1(C)C[C@H]1O[C@@H](c3ccc(OCC(F)(F)CN)c(F)c3)O[C@]12C(=O)CO. The van der Waals surface area contributed by atoms with Gasteiger partial charge in [-0.1, -0.05) is 26.0 Å². The molecular weight excluding hydrogens is 605 g/mol. The number of nitrogens with two attached hydrogens (primary N) is 1. The zero-order chi connectivity index (χ0) is 33.0. The lowest BCUT2D eigenvalue weighted by atomic mass is 9.39. The zero-order valence-corrected chi connectivity index (χ0v) is 25.0. The van der Waals surface area contributed by atoms with Crippen molar-refractivity contribution in [2.45, 2.75) is 81.9 Å². The van der Waals surface area contributed by atoms with E-state index in [9.17, 15) is 33.0 Å². The molecular formula is C32H36F5NO7. The molecule has 1 aliphatic heterocycles. The maximum absolute atomic E-state index is 17.7. The second-order valence-electron chi connectivity index (χ2n) is 13.7. The highest BCUT2D eigenvalue weighted by molar-refractivity contribution is 6.01. The number of carbonyl (C=O) groups excluding carboxylic acids is 2. The second-order valence-corrected chi connectivity index (χ2v) is 13.7. The number of ketones is 2. The van der Waals surface area contributed by atoms with Gasteiger partial charge in [-0.3, -0.25) is 9.59 Å². The molecule has 0 aromatic heterocycles. The number of carbonyl (C=O) groups is 2. The number of aliphatic hydroxyl groups excluding tert-OH is 2. The van der Waals surface area contributed by atoms with E-state index >= 15 is 8.78 Å². The highest BCUT2D eigenvalue weighted by atomic mass is 19.3. The average Bonchev–Trinajstić information content (AvgIpc) is 3.45. The molecule has 5 aliphatic rings. The molecule has 0 unspecified atom stereocenters. The normalized spacial score (nSPS) is 43.7. The van der Waals surface area contributed by atoms with Crippen molar-refractivity contribution in [3.05, 3.63) is 53.4 Å². The molecule has 13 heteroatoms. The number of allylic oxidation sites excluding steroid dienone is 4. The summed E-state index contributed by atoms with van der Waals surface area (Å²) in [5, 5.41) is 21.8. The van der Waals surface area contributed by atoms with E-state index in [1.54, 1.807) is 13.8 Å². The second kappa shape index (κ2) is 10.1. The molecule has 1 aromatic rings. The van der Waals surface area contributed by atoms with E-state index in [1.165, 1.54) is 25.1 Å². The van der Waals surface area contributed by atoms with Crippen molar-refractivity contribution in [1.82, 2.24) is 0 Å². The Balaban J connectivity index is 1.37. The van der Waals surface area contributed by atoms with Crippen LogP contribution in [0.15, 0.2) is 42.0 Å². The maximum atomic E-state index is 17.7. The summed E-state index contributed by atoms with van der Waals surface area (Å²) in [4.78, 5) is 25.9. The minimum absolute atomic E-state index is 0.0306. The third-order valence-electron chi connectivity index (χ3n) is 11.7. The molecule has 6 rings (SSSR count). The van der Waals surface area contributed by atoms with Crippen LogP contribution in [0.2, 0.25) is 0 Å². The van der Waals surface area contributed by atoms with Gasteiger partial charge in [0.2, 0.25) is 0 Å². The van der Waals surface area contributed by atoms with Crippen molar-refractivity contribution in [1.29, 1.82) is 0 Å². The molecule has 1 saturated heterocycles. The van der Waals surface area contributed by atoms with Crippen molar-refractivity contribution in [2.24, 2.45) is 27.9 Å². The molecule has 0 amide bonds. The molecule has 0 radical (unpaired) electrons. The van der Waals surface area contributed by atoms with Gasteiger partial charge in [-0.25, -0.2) is 22.0 Å². The van der Waals surface area contributed by atoms with Crippen LogP contribution in [-0.2, 0) is 19.1 Å². The number of ether oxygens (including phenoxy) is 3. The van der Waals surface area contributed by atoms with E-state index in [1.807, 2.05) is 0 Å². The first-order valence-electron chi connectivity index (χ1n) is 14.9. The number of benzene rings is 1. The Morgan fingerprint density at radius 2 is 1.93 bits per heavy atom. The Labute approximate surface area is 256 Å². The van der Waals surface area contributed by atoms with Gasteiger partial charge in [-0.15, -0.1) is 0 Å². The fourth-order valence-corrected chi connectivity index (χ4v) is 9.15. The van der Waals surface area contributed by atoms with E-state index in [-0.39, 0.29) is 30.4 Å². The van der Waals surface area contributed by atoms with Gasteiger partial charge in [0, 0.05) is 22.3 Å². The summed E-state index contributed by atoms with van der Waals surface area (Å²) in [6, 6.07) is 3.36. The van der Waals surface area contributed by atoms with Crippen LogP contribution in [0.4, 0.5) is 22.0 Å². The van der Waals surface area contributed by atoms with E-state index in [0.717, 1.165) is 18.2 Å². The Morgan fingerprint density at radius 1 is 1.22 bits per heavy atom. The van der Waals surface area contributed by atoms with Crippen molar-refractivity contribution in [3.63, 3.8) is 0 Å². The number of alkyl halides is 4. The fourth-order valence-electron chi connectivity index (χ4n) is 9.15. The summed E-state index contributed by atoms with van der Waals surface area (Å²) < 4.78 is 93.0. The Kier molecular flexibility index (Phi) is 7.27. The Bertz CT molecular complexity index is 1500. The lowest BCUT2D eigenvalue weighted by Gasteiger charge is -2.66. The molecule has 4 fully saturated rings.